The molecule has 7 nitrogen and oxygen atoms in total. The van der Waals surface area contributed by atoms with Crippen LogP contribution in [0.3, 0.4) is 0 Å². The number of amides is 1. The Labute approximate surface area is 158 Å². The van der Waals surface area contributed by atoms with Crippen molar-refractivity contribution in [2.24, 2.45) is 0 Å². The summed E-state index contributed by atoms with van der Waals surface area (Å²) in [6, 6.07) is 11.5. The Balaban J connectivity index is 1.49. The number of rotatable bonds is 4. The van der Waals surface area contributed by atoms with Crippen molar-refractivity contribution < 1.29 is 4.79 Å². The summed E-state index contributed by atoms with van der Waals surface area (Å²) < 4.78 is 4.18. The maximum absolute atomic E-state index is 12.7. The average molecular weight is 411 g/mol. The number of carbonyl (C=O) groups is 1. The van der Waals surface area contributed by atoms with Crippen LogP contribution in [0, 0.1) is 0 Å². The number of benzene rings is 1. The summed E-state index contributed by atoms with van der Waals surface area (Å²) in [6.45, 7) is 0.489. The molecule has 8 heteroatoms. The number of halogens is 1. The molecule has 130 valence electrons. The van der Waals surface area contributed by atoms with E-state index in [9.17, 15) is 4.79 Å². The van der Waals surface area contributed by atoms with Crippen LogP contribution in [-0.4, -0.2) is 42.2 Å². The van der Waals surface area contributed by atoms with E-state index in [1.807, 2.05) is 36.5 Å². The van der Waals surface area contributed by atoms with Gasteiger partial charge in [0.05, 0.1) is 10.2 Å². The highest BCUT2D eigenvalue weighted by Gasteiger charge is 2.16. The Morgan fingerprint density at radius 2 is 2.08 bits per heavy atom. The number of hydrogen-bond donors (Lipinski definition) is 0. The first-order chi connectivity index (χ1) is 12.6. The summed E-state index contributed by atoms with van der Waals surface area (Å²) in [4.78, 5) is 18.5. The second-order valence-corrected chi connectivity index (χ2v) is 6.80. The van der Waals surface area contributed by atoms with Gasteiger partial charge in [0.1, 0.15) is 0 Å². The predicted molar refractivity (Wildman–Crippen MR) is 100 cm³/mol. The SMILES string of the molecule is CN(Cc1ccc(-n2cccn2)cc1)C(=O)c1cc2ncc(Br)cn2n1. The molecule has 0 aliphatic heterocycles. The van der Waals surface area contributed by atoms with Gasteiger partial charge in [-0.15, -0.1) is 0 Å². The molecule has 0 saturated carbocycles. The van der Waals surface area contributed by atoms with Crippen LogP contribution in [0.15, 0.2) is 65.7 Å². The molecule has 0 fully saturated rings. The van der Waals surface area contributed by atoms with Gasteiger partial charge in [0.15, 0.2) is 11.3 Å². The summed E-state index contributed by atoms with van der Waals surface area (Å²) >= 11 is 3.35. The van der Waals surface area contributed by atoms with Crippen molar-refractivity contribution in [3.05, 3.63) is 76.9 Å². The van der Waals surface area contributed by atoms with Crippen molar-refractivity contribution in [2.75, 3.05) is 7.05 Å². The van der Waals surface area contributed by atoms with Crippen LogP contribution < -0.4 is 0 Å². The molecular weight excluding hydrogens is 396 g/mol. The molecule has 0 aliphatic rings. The van der Waals surface area contributed by atoms with Crippen LogP contribution in [-0.2, 0) is 6.54 Å². The summed E-state index contributed by atoms with van der Waals surface area (Å²) in [7, 11) is 1.76. The highest BCUT2D eigenvalue weighted by atomic mass is 79.9. The lowest BCUT2D eigenvalue weighted by atomic mass is 10.2. The summed E-state index contributed by atoms with van der Waals surface area (Å²) in [5.41, 5.74) is 3.01. The third-order valence-corrected chi connectivity index (χ3v) is 4.38. The molecule has 1 aromatic carbocycles. The molecule has 3 aromatic heterocycles. The summed E-state index contributed by atoms with van der Waals surface area (Å²) in [5, 5.41) is 8.51. The van der Waals surface area contributed by atoms with Crippen molar-refractivity contribution in [1.82, 2.24) is 29.3 Å². The largest absolute Gasteiger partial charge is 0.336 e. The van der Waals surface area contributed by atoms with E-state index in [4.69, 9.17) is 0 Å². The van der Waals surface area contributed by atoms with Crippen LogP contribution in [0.25, 0.3) is 11.3 Å². The van der Waals surface area contributed by atoms with Crippen molar-refractivity contribution in [3.8, 4) is 5.69 Å². The van der Waals surface area contributed by atoms with Gasteiger partial charge in [-0.1, -0.05) is 12.1 Å². The van der Waals surface area contributed by atoms with Gasteiger partial charge in [-0.05, 0) is 39.7 Å². The molecule has 0 spiro atoms. The molecule has 3 heterocycles. The normalized spacial score (nSPS) is 11.0. The third kappa shape index (κ3) is 3.23. The van der Waals surface area contributed by atoms with Gasteiger partial charge in [-0.25, -0.2) is 14.2 Å². The van der Waals surface area contributed by atoms with E-state index in [1.54, 1.807) is 45.8 Å². The van der Waals surface area contributed by atoms with Gasteiger partial charge < -0.3 is 4.90 Å². The lowest BCUT2D eigenvalue weighted by molar-refractivity contribution is 0.0779. The fourth-order valence-electron chi connectivity index (χ4n) is 2.68. The highest BCUT2D eigenvalue weighted by molar-refractivity contribution is 9.10. The molecule has 0 atom stereocenters. The summed E-state index contributed by atoms with van der Waals surface area (Å²) in [6.07, 6.45) is 7.08. The van der Waals surface area contributed by atoms with Gasteiger partial charge in [-0.2, -0.15) is 10.2 Å². The van der Waals surface area contributed by atoms with Crippen molar-refractivity contribution in [1.29, 1.82) is 0 Å². The Hall–Kier alpha value is -3.00. The number of hydrogen-bond acceptors (Lipinski definition) is 4. The fraction of sp³-hybridized carbons (Fsp3) is 0.111. The topological polar surface area (TPSA) is 68.3 Å². The van der Waals surface area contributed by atoms with E-state index >= 15 is 0 Å². The molecule has 0 N–H and O–H groups in total. The number of aromatic nitrogens is 5. The molecule has 26 heavy (non-hydrogen) atoms. The molecule has 4 rings (SSSR count). The molecule has 0 unspecified atom stereocenters. The van der Waals surface area contributed by atoms with Crippen LogP contribution in [0.4, 0.5) is 0 Å². The van der Waals surface area contributed by atoms with Gasteiger partial charge in [0, 0.05) is 44.4 Å². The van der Waals surface area contributed by atoms with Crippen molar-refractivity contribution in [2.45, 2.75) is 6.54 Å². The summed E-state index contributed by atoms with van der Waals surface area (Å²) in [5.74, 6) is -0.150. The van der Waals surface area contributed by atoms with Gasteiger partial charge in [-0.3, -0.25) is 4.79 Å². The molecule has 1 amide bonds. The second kappa shape index (κ2) is 6.72. The first kappa shape index (κ1) is 16.5. The smallest absolute Gasteiger partial charge is 0.274 e. The van der Waals surface area contributed by atoms with E-state index < -0.39 is 0 Å². The molecular formula is C18H15BrN6O. The van der Waals surface area contributed by atoms with Gasteiger partial charge >= 0.3 is 0 Å². The number of nitrogens with zero attached hydrogens (tertiary/aromatic N) is 6. The lowest BCUT2D eigenvalue weighted by Gasteiger charge is -2.16. The van der Waals surface area contributed by atoms with E-state index in [1.165, 1.54) is 0 Å². The van der Waals surface area contributed by atoms with Crippen LogP contribution >= 0.6 is 15.9 Å². The standard InChI is InChI=1S/C18H15BrN6O/c1-23(11-13-3-5-15(6-4-13)24-8-2-7-21-24)18(26)16-9-17-20-10-14(19)12-25(17)22-16/h2-10,12H,11H2,1H3. The predicted octanol–water partition coefficient (Wildman–Crippen LogP) is 2.95. The van der Waals surface area contributed by atoms with E-state index in [-0.39, 0.29) is 5.91 Å². The van der Waals surface area contributed by atoms with Crippen LogP contribution in [0.2, 0.25) is 0 Å². The van der Waals surface area contributed by atoms with Crippen molar-refractivity contribution in [3.63, 3.8) is 0 Å². The van der Waals surface area contributed by atoms with Gasteiger partial charge in [0.2, 0.25) is 0 Å². The minimum Gasteiger partial charge on any atom is -0.336 e. The van der Waals surface area contributed by atoms with Crippen molar-refractivity contribution >= 4 is 27.5 Å². The second-order valence-electron chi connectivity index (χ2n) is 5.88. The van der Waals surface area contributed by atoms with Gasteiger partial charge in [0.25, 0.3) is 5.91 Å². The maximum Gasteiger partial charge on any atom is 0.274 e. The highest BCUT2D eigenvalue weighted by Crippen LogP contribution is 2.14. The minimum absolute atomic E-state index is 0.150. The Morgan fingerprint density at radius 1 is 1.27 bits per heavy atom. The zero-order valence-corrected chi connectivity index (χ0v) is 15.5. The minimum atomic E-state index is -0.150. The molecule has 4 aromatic rings. The van der Waals surface area contributed by atoms with E-state index in [2.05, 4.69) is 31.1 Å². The Kier molecular flexibility index (Phi) is 4.26. The fourth-order valence-corrected chi connectivity index (χ4v) is 2.97. The molecule has 0 radical (unpaired) electrons. The maximum atomic E-state index is 12.7. The number of carbonyl (C=O) groups excluding carboxylic acids is 1. The molecule has 0 aliphatic carbocycles. The Morgan fingerprint density at radius 3 is 2.81 bits per heavy atom. The quantitative estimate of drug-likeness (QED) is 0.518. The van der Waals surface area contributed by atoms with Crippen LogP contribution in [0.1, 0.15) is 16.1 Å². The molecule has 0 bridgehead atoms. The Bertz CT molecular complexity index is 1060. The zero-order valence-electron chi connectivity index (χ0n) is 14.0. The monoisotopic (exact) mass is 410 g/mol. The van der Waals surface area contributed by atoms with E-state index in [0.717, 1.165) is 15.7 Å². The zero-order chi connectivity index (χ0) is 18.1. The molecule has 0 saturated heterocycles. The average Bonchev–Trinajstić information content (AvgIpc) is 3.31. The van der Waals surface area contributed by atoms with Crippen LogP contribution in [0.5, 0.6) is 0 Å². The lowest BCUT2D eigenvalue weighted by Crippen LogP contribution is -2.26. The number of fused-ring (bicyclic) bond motifs is 1. The third-order valence-electron chi connectivity index (χ3n) is 3.97. The first-order valence-corrected chi connectivity index (χ1v) is 8.75. The first-order valence-electron chi connectivity index (χ1n) is 7.95. The van der Waals surface area contributed by atoms with E-state index in [0.29, 0.717) is 17.9 Å².